The minimum absolute atomic E-state index is 0.243. The molecule has 96 valence electrons. The predicted molar refractivity (Wildman–Crippen MR) is 80.8 cm³/mol. The van der Waals surface area contributed by atoms with Gasteiger partial charge in [0.2, 0.25) is 0 Å². The first-order valence-corrected chi connectivity index (χ1v) is 7.37. The van der Waals surface area contributed by atoms with Gasteiger partial charge in [0, 0.05) is 14.8 Å². The van der Waals surface area contributed by atoms with E-state index in [4.69, 9.17) is 11.6 Å². The van der Waals surface area contributed by atoms with E-state index in [0.717, 1.165) is 11.6 Å². The molecular weight excluding hydrogens is 262 g/mol. The monoisotopic (exact) mass is 279 g/mol. The second-order valence-electron chi connectivity index (χ2n) is 4.45. The second kappa shape index (κ2) is 5.87. The number of hydrogen-bond donors (Lipinski definition) is 1. The van der Waals surface area contributed by atoms with Gasteiger partial charge in [0.1, 0.15) is 0 Å². The maximum absolute atomic E-state index is 6.10. The summed E-state index contributed by atoms with van der Waals surface area (Å²) >= 11 is 7.95. The van der Waals surface area contributed by atoms with Crippen molar-refractivity contribution in [1.82, 2.24) is 5.32 Å². The van der Waals surface area contributed by atoms with E-state index in [-0.39, 0.29) is 6.04 Å². The second-order valence-corrected chi connectivity index (χ2v) is 6.17. The summed E-state index contributed by atoms with van der Waals surface area (Å²) in [7, 11) is 0. The van der Waals surface area contributed by atoms with Gasteiger partial charge in [-0.15, -0.1) is 11.3 Å². The molecule has 3 heteroatoms. The highest BCUT2D eigenvalue weighted by Crippen LogP contribution is 2.32. The molecule has 0 fully saturated rings. The van der Waals surface area contributed by atoms with E-state index in [1.54, 1.807) is 0 Å². The Labute approximate surface area is 118 Å². The molecule has 2 aromatic rings. The summed E-state index contributed by atoms with van der Waals surface area (Å²) in [5, 5.41) is 4.34. The minimum atomic E-state index is 0.243. The number of hydrogen-bond acceptors (Lipinski definition) is 2. The molecule has 0 radical (unpaired) electrons. The first-order valence-electron chi connectivity index (χ1n) is 6.17. The first kappa shape index (κ1) is 13.6. The maximum Gasteiger partial charge on any atom is 0.0674 e. The molecule has 1 aromatic carbocycles. The third-order valence-electron chi connectivity index (χ3n) is 2.93. The van der Waals surface area contributed by atoms with Gasteiger partial charge in [-0.2, -0.15) is 0 Å². The topological polar surface area (TPSA) is 12.0 Å². The first-order chi connectivity index (χ1) is 8.61. The minimum Gasteiger partial charge on any atom is -0.306 e. The van der Waals surface area contributed by atoms with Crippen LogP contribution in [0.25, 0.3) is 0 Å². The van der Waals surface area contributed by atoms with Crippen LogP contribution in [0.4, 0.5) is 0 Å². The van der Waals surface area contributed by atoms with Crippen LogP contribution < -0.4 is 5.32 Å². The lowest BCUT2D eigenvalue weighted by Gasteiger charge is -2.18. The van der Waals surface area contributed by atoms with Crippen molar-refractivity contribution in [3.63, 3.8) is 0 Å². The normalized spacial score (nSPS) is 12.7. The molecule has 1 N–H and O–H groups in total. The number of nitrogens with one attached hydrogen (secondary N) is 1. The maximum atomic E-state index is 6.10. The Morgan fingerprint density at radius 3 is 2.61 bits per heavy atom. The third kappa shape index (κ3) is 2.94. The zero-order chi connectivity index (χ0) is 13.1. The fraction of sp³-hybridized carbons (Fsp3) is 0.333. The number of rotatable bonds is 4. The molecular formula is C15H18ClNS. The van der Waals surface area contributed by atoms with Crippen LogP contribution in [0.3, 0.4) is 0 Å². The molecule has 18 heavy (non-hydrogen) atoms. The van der Waals surface area contributed by atoms with E-state index in [1.807, 2.05) is 29.5 Å². The quantitative estimate of drug-likeness (QED) is 0.854. The highest BCUT2D eigenvalue weighted by molar-refractivity contribution is 7.12. The van der Waals surface area contributed by atoms with Crippen molar-refractivity contribution in [1.29, 1.82) is 0 Å². The molecule has 1 heterocycles. The molecule has 1 nitrogen and oxygen atoms in total. The van der Waals surface area contributed by atoms with Gasteiger partial charge in [0.05, 0.1) is 6.04 Å². The molecule has 0 amide bonds. The molecule has 0 saturated heterocycles. The molecule has 0 aliphatic carbocycles. The van der Waals surface area contributed by atoms with Crippen molar-refractivity contribution >= 4 is 22.9 Å². The molecule has 0 spiro atoms. The van der Waals surface area contributed by atoms with Gasteiger partial charge in [0.15, 0.2) is 0 Å². The lowest BCUT2D eigenvalue weighted by molar-refractivity contribution is 0.637. The predicted octanol–water partition coefficient (Wildman–Crippen LogP) is 4.72. The largest absolute Gasteiger partial charge is 0.306 e. The van der Waals surface area contributed by atoms with Crippen molar-refractivity contribution < 1.29 is 0 Å². The highest BCUT2D eigenvalue weighted by Gasteiger charge is 2.17. The fourth-order valence-corrected chi connectivity index (χ4v) is 3.54. The van der Waals surface area contributed by atoms with Gasteiger partial charge in [-0.25, -0.2) is 0 Å². The van der Waals surface area contributed by atoms with Crippen LogP contribution in [0.5, 0.6) is 0 Å². The van der Waals surface area contributed by atoms with E-state index < -0.39 is 0 Å². The van der Waals surface area contributed by atoms with Crippen molar-refractivity contribution in [3.05, 3.63) is 56.2 Å². The Morgan fingerprint density at radius 2 is 2.06 bits per heavy atom. The van der Waals surface area contributed by atoms with E-state index in [0.29, 0.717) is 0 Å². The zero-order valence-corrected chi connectivity index (χ0v) is 12.5. The van der Waals surface area contributed by atoms with Crippen molar-refractivity contribution in [3.8, 4) is 0 Å². The summed E-state index contributed by atoms with van der Waals surface area (Å²) in [6.45, 7) is 7.40. The Bertz CT molecular complexity index is 533. The van der Waals surface area contributed by atoms with Crippen molar-refractivity contribution in [2.75, 3.05) is 6.54 Å². The molecule has 0 aliphatic rings. The van der Waals surface area contributed by atoms with Crippen molar-refractivity contribution in [2.24, 2.45) is 0 Å². The molecule has 0 saturated carbocycles. The van der Waals surface area contributed by atoms with Gasteiger partial charge in [0.25, 0.3) is 0 Å². The van der Waals surface area contributed by atoms with Crippen LogP contribution in [0.1, 0.15) is 33.8 Å². The van der Waals surface area contributed by atoms with Crippen LogP contribution in [0.15, 0.2) is 30.3 Å². The van der Waals surface area contributed by atoms with Crippen LogP contribution in [-0.2, 0) is 0 Å². The SMILES string of the molecule is CCNC(c1cccc(Cl)c1)c1sc(C)cc1C. The Hall–Kier alpha value is -0.830. The van der Waals surface area contributed by atoms with Gasteiger partial charge >= 0.3 is 0 Å². The zero-order valence-electron chi connectivity index (χ0n) is 11.0. The Balaban J connectivity index is 2.42. The smallest absolute Gasteiger partial charge is 0.0674 e. The van der Waals surface area contributed by atoms with Gasteiger partial charge in [-0.05, 0) is 49.7 Å². The van der Waals surface area contributed by atoms with Crippen LogP contribution in [0, 0.1) is 13.8 Å². The van der Waals surface area contributed by atoms with Crippen LogP contribution in [-0.4, -0.2) is 6.54 Å². The van der Waals surface area contributed by atoms with Gasteiger partial charge in [-0.3, -0.25) is 0 Å². The van der Waals surface area contributed by atoms with Gasteiger partial charge < -0.3 is 5.32 Å². The molecule has 1 atom stereocenters. The average Bonchev–Trinajstić information content (AvgIpc) is 2.65. The molecule has 1 aromatic heterocycles. The number of halogens is 1. The number of benzene rings is 1. The standard InChI is InChI=1S/C15H18ClNS/c1-4-17-14(12-6-5-7-13(16)9-12)15-10(2)8-11(3)18-15/h5-9,14,17H,4H2,1-3H3. The Kier molecular flexibility index (Phi) is 4.44. The molecule has 2 rings (SSSR count). The van der Waals surface area contributed by atoms with E-state index in [2.05, 4.69) is 38.2 Å². The summed E-state index contributed by atoms with van der Waals surface area (Å²) < 4.78 is 0. The number of thiophene rings is 1. The summed E-state index contributed by atoms with van der Waals surface area (Å²) in [5.41, 5.74) is 2.58. The molecule has 0 aliphatic heterocycles. The van der Waals surface area contributed by atoms with E-state index in [9.17, 15) is 0 Å². The van der Waals surface area contributed by atoms with E-state index >= 15 is 0 Å². The van der Waals surface area contributed by atoms with E-state index in [1.165, 1.54) is 20.9 Å². The molecule has 1 unspecified atom stereocenters. The fourth-order valence-electron chi connectivity index (χ4n) is 2.20. The van der Waals surface area contributed by atoms with Crippen LogP contribution in [0.2, 0.25) is 5.02 Å². The summed E-state index contributed by atoms with van der Waals surface area (Å²) in [4.78, 5) is 2.74. The average molecular weight is 280 g/mol. The lowest BCUT2D eigenvalue weighted by Crippen LogP contribution is -2.21. The molecule has 0 bridgehead atoms. The Morgan fingerprint density at radius 1 is 1.28 bits per heavy atom. The third-order valence-corrected chi connectivity index (χ3v) is 4.38. The van der Waals surface area contributed by atoms with Crippen molar-refractivity contribution in [2.45, 2.75) is 26.8 Å². The summed E-state index contributed by atoms with van der Waals surface area (Å²) in [6, 6.07) is 10.6. The number of aryl methyl sites for hydroxylation is 2. The van der Waals surface area contributed by atoms with Crippen LogP contribution >= 0.6 is 22.9 Å². The highest BCUT2D eigenvalue weighted by atomic mass is 35.5. The summed E-state index contributed by atoms with van der Waals surface area (Å²) in [5.74, 6) is 0. The summed E-state index contributed by atoms with van der Waals surface area (Å²) in [6.07, 6.45) is 0. The van der Waals surface area contributed by atoms with Gasteiger partial charge in [-0.1, -0.05) is 30.7 Å². The lowest BCUT2D eigenvalue weighted by atomic mass is 10.0.